The van der Waals surface area contributed by atoms with Crippen molar-refractivity contribution >= 4 is 33.4 Å². The Hall–Kier alpha value is -4.97. The highest BCUT2D eigenvalue weighted by Crippen LogP contribution is 2.31. The van der Waals surface area contributed by atoms with Gasteiger partial charge in [0.1, 0.15) is 11.6 Å². The van der Waals surface area contributed by atoms with Crippen molar-refractivity contribution in [3.63, 3.8) is 0 Å². The molecule has 0 bridgehead atoms. The second kappa shape index (κ2) is 13.2. The lowest BCUT2D eigenvalue weighted by Gasteiger charge is -2.25. The van der Waals surface area contributed by atoms with Gasteiger partial charge in [-0.05, 0) is 60.6 Å². The number of fused-ring (bicyclic) bond motifs is 2. The predicted molar refractivity (Wildman–Crippen MR) is 191 cm³/mol. The van der Waals surface area contributed by atoms with Crippen molar-refractivity contribution in [2.24, 2.45) is 12.0 Å². The third-order valence-electron chi connectivity index (χ3n) is 9.19. The molecule has 0 atom stereocenters. The second-order valence-corrected chi connectivity index (χ2v) is 12.5. The smallest absolute Gasteiger partial charge is 0.126 e. The van der Waals surface area contributed by atoms with Crippen LogP contribution in [0.4, 0.5) is 0 Å². The third-order valence-corrected chi connectivity index (χ3v) is 9.19. The quantitative estimate of drug-likeness (QED) is 0.154. The van der Waals surface area contributed by atoms with Crippen molar-refractivity contribution < 1.29 is 0 Å². The number of para-hydroxylation sites is 1. The Morgan fingerprint density at radius 2 is 1.89 bits per heavy atom. The van der Waals surface area contributed by atoms with Gasteiger partial charge < -0.3 is 14.5 Å². The SMILES string of the molecule is C=C(Cc1ccccc1)N(CCC)Cc1nc2c(C3=NC=C(c4ccc5c(c4)nc(CCC4=CCCC=C4)n5C)C3)cccc2[nH]1. The maximum Gasteiger partial charge on any atom is 0.126 e. The van der Waals surface area contributed by atoms with Crippen molar-refractivity contribution in [2.45, 2.75) is 58.4 Å². The van der Waals surface area contributed by atoms with Gasteiger partial charge in [0.2, 0.25) is 0 Å². The van der Waals surface area contributed by atoms with Crippen LogP contribution >= 0.6 is 0 Å². The van der Waals surface area contributed by atoms with Gasteiger partial charge in [-0.25, -0.2) is 9.97 Å². The largest absolute Gasteiger partial charge is 0.368 e. The topological polar surface area (TPSA) is 62.1 Å². The van der Waals surface area contributed by atoms with Crippen LogP contribution < -0.4 is 0 Å². The molecule has 0 fully saturated rings. The Morgan fingerprint density at radius 3 is 2.72 bits per heavy atom. The number of benzene rings is 3. The van der Waals surface area contributed by atoms with Crippen molar-refractivity contribution in [1.82, 2.24) is 24.4 Å². The molecule has 0 radical (unpaired) electrons. The zero-order valence-corrected chi connectivity index (χ0v) is 27.0. The molecule has 0 unspecified atom stereocenters. The number of hydrogen-bond acceptors (Lipinski definition) is 4. The number of aromatic amines is 1. The standard InChI is InChI=1S/C40H42N6/c1-4-22-46(28(2)23-30-14-9-6-10-15-30)27-38-42-34-17-11-16-33(40(34)44-38)35-25-32(26-41-35)31-19-20-37-36(24-31)43-39(45(37)3)21-18-29-12-7-5-8-13-29/h6-7,9-17,19-20,24,26H,2,4-5,8,18,21-23,25,27H2,1,3H3,(H,42,44). The molecule has 5 aromatic rings. The second-order valence-electron chi connectivity index (χ2n) is 12.5. The molecular weight excluding hydrogens is 564 g/mol. The number of imidazole rings is 2. The third kappa shape index (κ3) is 6.25. The number of nitrogens with zero attached hydrogens (tertiary/aromatic N) is 5. The van der Waals surface area contributed by atoms with Crippen molar-refractivity contribution in [3.05, 3.63) is 137 Å². The fraction of sp³-hybridized carbons (Fsp3) is 0.275. The lowest BCUT2D eigenvalue weighted by atomic mass is 9.98. The number of hydrogen-bond donors (Lipinski definition) is 1. The summed E-state index contributed by atoms with van der Waals surface area (Å²) in [6.45, 7) is 8.28. The predicted octanol–water partition coefficient (Wildman–Crippen LogP) is 8.86. The van der Waals surface area contributed by atoms with E-state index in [1.807, 2.05) is 6.20 Å². The van der Waals surface area contributed by atoms with Gasteiger partial charge in [0.05, 0.1) is 34.3 Å². The van der Waals surface area contributed by atoms with E-state index in [2.05, 4.69) is 120 Å². The van der Waals surface area contributed by atoms with Gasteiger partial charge in [0.25, 0.3) is 0 Å². The lowest BCUT2D eigenvalue weighted by Crippen LogP contribution is -2.24. The number of rotatable bonds is 12. The first-order chi connectivity index (χ1) is 22.6. The average Bonchev–Trinajstić information content (AvgIpc) is 3.81. The highest BCUT2D eigenvalue weighted by molar-refractivity contribution is 6.15. The molecule has 1 N–H and O–H groups in total. The molecular formula is C40H42N6. The minimum Gasteiger partial charge on any atom is -0.368 e. The minimum absolute atomic E-state index is 0.698. The van der Waals surface area contributed by atoms with Gasteiger partial charge in [-0.1, -0.05) is 85.8 Å². The van der Waals surface area contributed by atoms with Crippen molar-refractivity contribution in [1.29, 1.82) is 0 Å². The Morgan fingerprint density at radius 1 is 1.00 bits per heavy atom. The Bertz CT molecular complexity index is 2020. The minimum atomic E-state index is 0.698. The molecule has 1 aliphatic heterocycles. The van der Waals surface area contributed by atoms with E-state index in [9.17, 15) is 0 Å². The van der Waals surface area contributed by atoms with Crippen LogP contribution in [0.25, 0.3) is 27.6 Å². The summed E-state index contributed by atoms with van der Waals surface area (Å²) in [6, 6.07) is 23.5. The van der Waals surface area contributed by atoms with E-state index >= 15 is 0 Å². The van der Waals surface area contributed by atoms with E-state index in [-0.39, 0.29) is 0 Å². The number of aliphatic imine (C=N–C) groups is 1. The van der Waals surface area contributed by atoms with Crippen LogP contribution in [0.5, 0.6) is 0 Å². The zero-order valence-electron chi connectivity index (χ0n) is 27.0. The molecule has 3 aromatic carbocycles. The normalized spacial score (nSPS) is 14.5. The Labute approximate surface area is 271 Å². The van der Waals surface area contributed by atoms with Crippen LogP contribution in [-0.4, -0.2) is 36.7 Å². The lowest BCUT2D eigenvalue weighted by molar-refractivity contribution is 0.324. The average molecular weight is 607 g/mol. The highest BCUT2D eigenvalue weighted by Gasteiger charge is 2.20. The molecule has 7 rings (SSSR count). The van der Waals surface area contributed by atoms with Gasteiger partial charge in [-0.15, -0.1) is 0 Å². The molecule has 46 heavy (non-hydrogen) atoms. The summed E-state index contributed by atoms with van der Waals surface area (Å²) in [4.78, 5) is 21.0. The maximum absolute atomic E-state index is 5.11. The molecule has 1 aliphatic carbocycles. The van der Waals surface area contributed by atoms with E-state index in [0.717, 1.165) is 96.7 Å². The molecule has 3 heterocycles. The summed E-state index contributed by atoms with van der Waals surface area (Å²) < 4.78 is 2.24. The number of aryl methyl sites for hydroxylation is 2. The molecule has 0 spiro atoms. The molecule has 6 heteroatoms. The molecule has 0 amide bonds. The summed E-state index contributed by atoms with van der Waals surface area (Å²) in [6.07, 6.45) is 15.9. The van der Waals surface area contributed by atoms with Gasteiger partial charge in [-0.2, -0.15) is 0 Å². The molecule has 2 aliphatic rings. The fourth-order valence-electron chi connectivity index (χ4n) is 6.69. The van der Waals surface area contributed by atoms with Gasteiger partial charge in [0.15, 0.2) is 0 Å². The van der Waals surface area contributed by atoms with Gasteiger partial charge in [-0.3, -0.25) is 4.99 Å². The first-order valence-electron chi connectivity index (χ1n) is 16.6. The summed E-state index contributed by atoms with van der Waals surface area (Å²) in [5.74, 6) is 2.08. The molecule has 6 nitrogen and oxygen atoms in total. The van der Waals surface area contributed by atoms with Crippen molar-refractivity contribution in [2.75, 3.05) is 6.54 Å². The van der Waals surface area contributed by atoms with E-state index < -0.39 is 0 Å². The maximum atomic E-state index is 5.11. The van der Waals surface area contributed by atoms with Crippen LogP contribution in [0, 0.1) is 0 Å². The summed E-state index contributed by atoms with van der Waals surface area (Å²) in [5.41, 5.74) is 12.6. The van der Waals surface area contributed by atoms with E-state index in [4.69, 9.17) is 15.0 Å². The number of allylic oxidation sites excluding steroid dienone is 6. The Kier molecular flexibility index (Phi) is 8.51. The first kappa shape index (κ1) is 29.7. The summed E-state index contributed by atoms with van der Waals surface area (Å²) >= 11 is 0. The monoisotopic (exact) mass is 606 g/mol. The Balaban J connectivity index is 1.06. The number of aromatic nitrogens is 4. The van der Waals surface area contributed by atoms with E-state index in [1.54, 1.807) is 0 Å². The van der Waals surface area contributed by atoms with Crippen LogP contribution in [0.1, 0.15) is 67.4 Å². The van der Waals surface area contributed by atoms with E-state index in [1.165, 1.54) is 27.8 Å². The summed E-state index contributed by atoms with van der Waals surface area (Å²) in [5, 5.41) is 0. The fourth-order valence-corrected chi connectivity index (χ4v) is 6.69. The van der Waals surface area contributed by atoms with Crippen LogP contribution in [0.2, 0.25) is 0 Å². The molecule has 2 aromatic heterocycles. The van der Waals surface area contributed by atoms with Crippen molar-refractivity contribution in [3.8, 4) is 0 Å². The summed E-state index contributed by atoms with van der Waals surface area (Å²) in [7, 11) is 2.13. The van der Waals surface area contributed by atoms with Crippen LogP contribution in [0.3, 0.4) is 0 Å². The van der Waals surface area contributed by atoms with Crippen LogP contribution in [-0.2, 0) is 26.4 Å². The molecule has 0 saturated heterocycles. The van der Waals surface area contributed by atoms with E-state index in [0.29, 0.717) is 6.54 Å². The van der Waals surface area contributed by atoms with Crippen LogP contribution in [0.15, 0.2) is 114 Å². The molecule has 0 saturated carbocycles. The van der Waals surface area contributed by atoms with Gasteiger partial charge >= 0.3 is 0 Å². The zero-order chi connectivity index (χ0) is 31.5. The van der Waals surface area contributed by atoms with Gasteiger partial charge in [0, 0.05) is 50.3 Å². The number of nitrogens with one attached hydrogen (secondary N) is 1. The number of H-pyrrole nitrogens is 1. The first-order valence-corrected chi connectivity index (χ1v) is 16.6. The highest BCUT2D eigenvalue weighted by atomic mass is 15.2. The molecule has 232 valence electrons.